The van der Waals surface area contributed by atoms with Crippen LogP contribution in [0.25, 0.3) is 0 Å². The minimum absolute atomic E-state index is 0.0206. The number of furan rings is 1. The van der Waals surface area contributed by atoms with Crippen molar-refractivity contribution in [3.63, 3.8) is 0 Å². The molecule has 0 spiro atoms. The lowest BCUT2D eigenvalue weighted by molar-refractivity contribution is -0.134. The van der Waals surface area contributed by atoms with Crippen LogP contribution in [0.4, 0.5) is 0 Å². The highest BCUT2D eigenvalue weighted by molar-refractivity contribution is 6.06. The molecule has 0 saturated heterocycles. The molecule has 1 aliphatic rings. The van der Waals surface area contributed by atoms with Crippen molar-refractivity contribution >= 4 is 17.7 Å². The quantitative estimate of drug-likeness (QED) is 0.459. The maximum atomic E-state index is 13.6. The fraction of sp³-hybridized carbons (Fsp3) is 0.522. The smallest absolute Gasteiger partial charge is 0.355 e. The third kappa shape index (κ3) is 4.06. The van der Waals surface area contributed by atoms with Crippen LogP contribution < -0.4 is 0 Å². The summed E-state index contributed by atoms with van der Waals surface area (Å²) in [5.41, 5.74) is 2.20. The van der Waals surface area contributed by atoms with Gasteiger partial charge >= 0.3 is 5.97 Å². The molecular weight excluding hydrogens is 384 g/mol. The second kappa shape index (κ2) is 8.90. The van der Waals surface area contributed by atoms with E-state index in [0.717, 1.165) is 12.8 Å². The van der Waals surface area contributed by atoms with Crippen LogP contribution in [-0.4, -0.2) is 39.8 Å². The van der Waals surface area contributed by atoms with E-state index >= 15 is 0 Å². The first-order valence-corrected chi connectivity index (χ1v) is 10.6. The molecule has 7 nitrogen and oxygen atoms in total. The zero-order valence-electron chi connectivity index (χ0n) is 18.4. The lowest BCUT2D eigenvalue weighted by Crippen LogP contribution is -2.43. The predicted octanol–water partition coefficient (Wildman–Crippen LogP) is 3.90. The molecule has 3 rings (SSSR count). The number of aromatic nitrogens is 1. The highest BCUT2D eigenvalue weighted by atomic mass is 16.5. The maximum absolute atomic E-state index is 13.6. The van der Waals surface area contributed by atoms with E-state index in [-0.39, 0.29) is 30.8 Å². The average Bonchev–Trinajstić information content (AvgIpc) is 3.38. The molecule has 1 fully saturated rings. The minimum atomic E-state index is -0.677. The van der Waals surface area contributed by atoms with E-state index in [1.807, 2.05) is 18.4 Å². The summed E-state index contributed by atoms with van der Waals surface area (Å²) in [6.07, 6.45) is 3.26. The Morgan fingerprint density at radius 2 is 1.97 bits per heavy atom. The van der Waals surface area contributed by atoms with E-state index in [9.17, 15) is 14.4 Å². The summed E-state index contributed by atoms with van der Waals surface area (Å²) in [5.74, 6) is -0.0253. The highest BCUT2D eigenvalue weighted by Gasteiger charge is 2.39. The molecule has 2 aromatic rings. The molecule has 0 radical (unpaired) electrons. The fourth-order valence-electron chi connectivity index (χ4n) is 4.01. The molecule has 1 unspecified atom stereocenters. The summed E-state index contributed by atoms with van der Waals surface area (Å²) in [6, 6.07) is 2.89. The maximum Gasteiger partial charge on any atom is 0.355 e. The molecule has 162 valence electrons. The van der Waals surface area contributed by atoms with Crippen LogP contribution >= 0.6 is 0 Å². The van der Waals surface area contributed by atoms with Gasteiger partial charge in [-0.1, -0.05) is 0 Å². The summed E-state index contributed by atoms with van der Waals surface area (Å²) >= 11 is 0. The van der Waals surface area contributed by atoms with Crippen molar-refractivity contribution in [3.8, 4) is 0 Å². The highest BCUT2D eigenvalue weighted by Crippen LogP contribution is 2.33. The molecule has 1 saturated carbocycles. The number of ketones is 1. The number of carbonyl (C=O) groups is 3. The van der Waals surface area contributed by atoms with Gasteiger partial charge in [-0.25, -0.2) is 4.79 Å². The van der Waals surface area contributed by atoms with Gasteiger partial charge in [0.25, 0.3) is 0 Å². The molecule has 1 amide bonds. The second-order valence-electron chi connectivity index (χ2n) is 7.76. The largest absolute Gasteiger partial charge is 0.467 e. The number of rotatable bonds is 9. The van der Waals surface area contributed by atoms with E-state index < -0.39 is 12.0 Å². The van der Waals surface area contributed by atoms with E-state index in [4.69, 9.17) is 9.15 Å². The Morgan fingerprint density at radius 1 is 1.27 bits per heavy atom. The van der Waals surface area contributed by atoms with Crippen molar-refractivity contribution < 1.29 is 23.5 Å². The monoisotopic (exact) mass is 414 g/mol. The summed E-state index contributed by atoms with van der Waals surface area (Å²) in [5, 5.41) is 0. The van der Waals surface area contributed by atoms with E-state index in [0.29, 0.717) is 34.8 Å². The molecule has 0 N–H and O–H groups in total. The van der Waals surface area contributed by atoms with E-state index in [1.165, 1.54) is 0 Å². The normalized spacial score (nSPS) is 14.4. The number of hydrogen-bond acceptors (Lipinski definition) is 5. The van der Waals surface area contributed by atoms with Crippen molar-refractivity contribution in [1.82, 2.24) is 9.47 Å². The zero-order valence-corrected chi connectivity index (χ0v) is 18.4. The van der Waals surface area contributed by atoms with Gasteiger partial charge in [-0.15, -0.1) is 0 Å². The van der Waals surface area contributed by atoms with Crippen LogP contribution in [0.5, 0.6) is 0 Å². The van der Waals surface area contributed by atoms with Crippen molar-refractivity contribution in [3.05, 3.63) is 46.7 Å². The molecule has 30 heavy (non-hydrogen) atoms. The van der Waals surface area contributed by atoms with Crippen LogP contribution in [0, 0.1) is 19.8 Å². The lowest BCUT2D eigenvalue weighted by atomic mass is 9.99. The van der Waals surface area contributed by atoms with E-state index in [2.05, 4.69) is 0 Å². The van der Waals surface area contributed by atoms with Gasteiger partial charge in [0.2, 0.25) is 5.91 Å². The van der Waals surface area contributed by atoms with Gasteiger partial charge in [0, 0.05) is 23.7 Å². The second-order valence-corrected chi connectivity index (χ2v) is 7.76. The van der Waals surface area contributed by atoms with Crippen LogP contribution in [-0.2, 0) is 22.6 Å². The molecule has 2 heterocycles. The van der Waals surface area contributed by atoms with Crippen LogP contribution in [0.3, 0.4) is 0 Å². The van der Waals surface area contributed by atoms with Gasteiger partial charge in [-0.05, 0) is 65.2 Å². The summed E-state index contributed by atoms with van der Waals surface area (Å²) in [6.45, 7) is 10.1. The zero-order chi connectivity index (χ0) is 22.0. The Morgan fingerprint density at radius 3 is 2.50 bits per heavy atom. The van der Waals surface area contributed by atoms with Gasteiger partial charge in [0.15, 0.2) is 5.78 Å². The Hall–Kier alpha value is -2.83. The summed E-state index contributed by atoms with van der Waals surface area (Å²) < 4.78 is 12.4. The van der Waals surface area contributed by atoms with Crippen molar-refractivity contribution in [2.45, 2.75) is 66.6 Å². The van der Waals surface area contributed by atoms with Gasteiger partial charge in [0.05, 0.1) is 25.5 Å². The molecule has 0 bridgehead atoms. The Labute approximate surface area is 177 Å². The van der Waals surface area contributed by atoms with Crippen molar-refractivity contribution in [1.29, 1.82) is 0 Å². The Bertz CT molecular complexity index is 937. The first kappa shape index (κ1) is 21.9. The molecule has 0 aliphatic heterocycles. The van der Waals surface area contributed by atoms with Crippen LogP contribution in [0.1, 0.15) is 71.5 Å². The number of ether oxygens (including phenoxy) is 1. The van der Waals surface area contributed by atoms with E-state index in [1.54, 1.807) is 44.1 Å². The third-order valence-corrected chi connectivity index (χ3v) is 5.76. The molecule has 0 aromatic carbocycles. The standard InChI is InChI=1S/C23H30N2O5/c1-6-24-15(4)19(14(3)20(24)23(28)29-7-2)21(26)16(5)25(22(27)17-10-11-17)13-18-9-8-12-30-18/h8-9,12,16-17H,6-7,10-11,13H2,1-5H3. The molecular formula is C23H30N2O5. The number of esters is 1. The number of hydrogen-bond donors (Lipinski definition) is 0. The number of nitrogens with zero attached hydrogens (tertiary/aromatic N) is 2. The number of Topliss-reactive ketones (excluding diaryl/α,β-unsaturated/α-hetero) is 1. The molecule has 2 aromatic heterocycles. The van der Waals surface area contributed by atoms with Crippen molar-refractivity contribution in [2.24, 2.45) is 5.92 Å². The van der Waals surface area contributed by atoms with Crippen LogP contribution in [0.2, 0.25) is 0 Å². The van der Waals surface area contributed by atoms with Gasteiger partial charge in [0.1, 0.15) is 11.5 Å². The topological polar surface area (TPSA) is 81.8 Å². The third-order valence-electron chi connectivity index (χ3n) is 5.76. The van der Waals surface area contributed by atoms with Crippen LogP contribution in [0.15, 0.2) is 22.8 Å². The summed E-state index contributed by atoms with van der Waals surface area (Å²) in [4.78, 5) is 40.7. The number of amides is 1. The minimum Gasteiger partial charge on any atom is -0.467 e. The predicted molar refractivity (Wildman–Crippen MR) is 111 cm³/mol. The van der Waals surface area contributed by atoms with Gasteiger partial charge in [-0.2, -0.15) is 0 Å². The van der Waals surface area contributed by atoms with Gasteiger partial charge < -0.3 is 18.6 Å². The Balaban J connectivity index is 1.97. The number of carbonyl (C=O) groups excluding carboxylic acids is 3. The summed E-state index contributed by atoms with van der Waals surface area (Å²) in [7, 11) is 0. The molecule has 1 aliphatic carbocycles. The van der Waals surface area contributed by atoms with Gasteiger partial charge in [-0.3, -0.25) is 9.59 Å². The van der Waals surface area contributed by atoms with Crippen molar-refractivity contribution in [2.75, 3.05) is 6.61 Å². The Kier molecular flexibility index (Phi) is 6.48. The molecule has 7 heteroatoms. The first-order valence-electron chi connectivity index (χ1n) is 10.6. The SMILES string of the molecule is CCOC(=O)c1c(C)c(C(=O)C(C)N(Cc2ccco2)C(=O)C2CC2)c(C)n1CC. The average molecular weight is 415 g/mol. The lowest BCUT2D eigenvalue weighted by Gasteiger charge is -2.28. The first-order chi connectivity index (χ1) is 14.3. The fourth-order valence-corrected chi connectivity index (χ4v) is 4.01. The molecule has 1 atom stereocenters.